The largest absolute Gasteiger partial charge is 1.00 e. The van der Waals surface area contributed by atoms with E-state index in [-0.39, 0.29) is 58.2 Å². The first-order valence-corrected chi connectivity index (χ1v) is 3.00. The summed E-state index contributed by atoms with van der Waals surface area (Å²) in [6.45, 7) is 0. The molecule has 0 saturated heterocycles. The Morgan fingerprint density at radius 3 is 2.75 bits per heavy atom. The third kappa shape index (κ3) is 2.73. The first kappa shape index (κ1) is 9.30. The second-order valence-corrected chi connectivity index (χ2v) is 1.72. The van der Waals surface area contributed by atoms with Crippen LogP contribution in [0.25, 0.3) is 0 Å². The van der Waals surface area contributed by atoms with Crippen molar-refractivity contribution in [1.82, 2.24) is 15.2 Å². The van der Waals surface area contributed by atoms with E-state index in [9.17, 15) is 0 Å². The van der Waals surface area contributed by atoms with Crippen LogP contribution in [0.1, 0.15) is 0 Å². The molecule has 0 aliphatic heterocycles. The van der Waals surface area contributed by atoms with Crippen LogP contribution >= 0.6 is 11.8 Å². The fourth-order valence-corrected chi connectivity index (χ4v) is 0.551. The Morgan fingerprint density at radius 2 is 2.50 bits per heavy atom. The molecule has 5 heteroatoms. The van der Waals surface area contributed by atoms with E-state index >= 15 is 0 Å². The monoisotopic (exact) mass is 199 g/mol. The Morgan fingerprint density at radius 1 is 1.75 bits per heavy atom. The standard InChI is InChI=1S/C3H4N3S.Rb/c1-7-3-4-2-5-6-3;/h2H,1H3;/q-1;+1. The molecule has 0 aromatic carbocycles. The summed E-state index contributed by atoms with van der Waals surface area (Å²) in [5.41, 5.74) is 0. The van der Waals surface area contributed by atoms with Gasteiger partial charge in [-0.1, -0.05) is 0 Å². The predicted octanol–water partition coefficient (Wildman–Crippen LogP) is -2.84. The zero-order chi connectivity index (χ0) is 5.11. The Bertz CT molecular complexity index is 129. The summed E-state index contributed by atoms with van der Waals surface area (Å²) < 4.78 is 0. The molecule has 3 nitrogen and oxygen atoms in total. The van der Waals surface area contributed by atoms with Crippen molar-refractivity contribution in [3.8, 4) is 0 Å². The van der Waals surface area contributed by atoms with Crippen molar-refractivity contribution in [2.75, 3.05) is 6.26 Å². The molecule has 0 spiro atoms. The van der Waals surface area contributed by atoms with Crippen molar-refractivity contribution in [3.63, 3.8) is 0 Å². The zero-order valence-corrected chi connectivity index (χ0v) is 10.6. The van der Waals surface area contributed by atoms with Gasteiger partial charge in [0.15, 0.2) is 0 Å². The van der Waals surface area contributed by atoms with E-state index in [1.54, 1.807) is 0 Å². The van der Waals surface area contributed by atoms with Crippen LogP contribution in [-0.2, 0) is 0 Å². The fourth-order valence-electron chi connectivity index (χ4n) is 0.270. The second-order valence-electron chi connectivity index (χ2n) is 0.947. The molecule has 0 bridgehead atoms. The molecule has 0 saturated carbocycles. The molecule has 0 fully saturated rings. The molecule has 1 aromatic heterocycles. The summed E-state index contributed by atoms with van der Waals surface area (Å²) in [6, 6.07) is 0. The third-order valence-corrected chi connectivity index (χ3v) is 1.10. The molecule has 0 atom stereocenters. The Labute approximate surface area is 101 Å². The maximum Gasteiger partial charge on any atom is 1.00 e. The molecule has 1 aromatic rings. The zero-order valence-electron chi connectivity index (χ0n) is 4.83. The van der Waals surface area contributed by atoms with Gasteiger partial charge in [0, 0.05) is 5.16 Å². The Hall–Kier alpha value is 1.30. The number of hydrogen-bond donors (Lipinski definition) is 0. The van der Waals surface area contributed by atoms with Gasteiger partial charge in [0.2, 0.25) is 0 Å². The van der Waals surface area contributed by atoms with Crippen LogP contribution in [0.15, 0.2) is 11.5 Å². The van der Waals surface area contributed by atoms with Gasteiger partial charge >= 0.3 is 58.2 Å². The van der Waals surface area contributed by atoms with E-state index in [0.717, 1.165) is 5.16 Å². The minimum atomic E-state index is 0. The van der Waals surface area contributed by atoms with Gasteiger partial charge in [-0.25, -0.2) is 0 Å². The summed E-state index contributed by atoms with van der Waals surface area (Å²) in [7, 11) is 0. The van der Waals surface area contributed by atoms with Gasteiger partial charge in [0.25, 0.3) is 0 Å². The summed E-state index contributed by atoms with van der Waals surface area (Å²) in [5.74, 6) is 0. The molecular weight excluding hydrogens is 196 g/mol. The van der Waals surface area contributed by atoms with Gasteiger partial charge < -0.3 is 15.2 Å². The molecule has 0 aliphatic rings. The van der Waals surface area contributed by atoms with Crippen molar-refractivity contribution < 1.29 is 58.2 Å². The average Bonchev–Trinajstić information content (AvgIpc) is 2.14. The molecule has 0 aliphatic carbocycles. The van der Waals surface area contributed by atoms with E-state index in [2.05, 4.69) is 15.2 Å². The minimum Gasteiger partial charge on any atom is -0.360 e. The van der Waals surface area contributed by atoms with Crippen LogP contribution in [0, 0.1) is 0 Å². The van der Waals surface area contributed by atoms with Crippen LogP contribution in [0.5, 0.6) is 0 Å². The first-order valence-electron chi connectivity index (χ1n) is 1.78. The summed E-state index contributed by atoms with van der Waals surface area (Å²) in [6.07, 6.45) is 3.35. The molecule has 38 valence electrons. The molecule has 0 amide bonds. The minimum absolute atomic E-state index is 0. The maximum absolute atomic E-state index is 3.78. The van der Waals surface area contributed by atoms with Crippen molar-refractivity contribution in [2.45, 2.75) is 5.16 Å². The van der Waals surface area contributed by atoms with E-state index in [1.165, 1.54) is 18.1 Å². The van der Waals surface area contributed by atoms with Crippen LogP contribution in [0.3, 0.4) is 0 Å². The Kier molecular flexibility index (Phi) is 5.94. The number of hydrogen-bond acceptors (Lipinski definition) is 3. The van der Waals surface area contributed by atoms with Crippen LogP contribution in [-0.4, -0.2) is 16.5 Å². The molecule has 0 N–H and O–H groups in total. The number of aromatic nitrogens is 3. The fraction of sp³-hybridized carbons (Fsp3) is 0.333. The molecule has 1 heterocycles. The van der Waals surface area contributed by atoms with E-state index < -0.39 is 0 Å². The number of nitrogens with zero attached hydrogens (tertiary/aromatic N) is 3. The quantitative estimate of drug-likeness (QED) is 0.457. The first-order chi connectivity index (χ1) is 3.43. The number of thioether (sulfide) groups is 1. The van der Waals surface area contributed by atoms with E-state index in [0.29, 0.717) is 0 Å². The van der Waals surface area contributed by atoms with Gasteiger partial charge in [-0.2, -0.15) is 0 Å². The predicted molar refractivity (Wildman–Crippen MR) is 27.1 cm³/mol. The van der Waals surface area contributed by atoms with Crippen LogP contribution < -0.4 is 63.2 Å². The van der Waals surface area contributed by atoms with Crippen molar-refractivity contribution >= 4 is 11.8 Å². The molecular formula is C3H4N3RbS. The van der Waals surface area contributed by atoms with Crippen molar-refractivity contribution in [3.05, 3.63) is 6.33 Å². The molecule has 8 heavy (non-hydrogen) atoms. The van der Waals surface area contributed by atoms with Crippen molar-refractivity contribution in [1.29, 1.82) is 0 Å². The van der Waals surface area contributed by atoms with Crippen LogP contribution in [0.2, 0.25) is 0 Å². The molecule has 0 unspecified atom stereocenters. The van der Waals surface area contributed by atoms with Gasteiger partial charge in [-0.15, -0.1) is 11.8 Å². The van der Waals surface area contributed by atoms with Gasteiger partial charge in [0.1, 0.15) is 0 Å². The third-order valence-electron chi connectivity index (χ3n) is 0.546. The van der Waals surface area contributed by atoms with Crippen LogP contribution in [0.4, 0.5) is 0 Å². The van der Waals surface area contributed by atoms with Gasteiger partial charge in [-0.05, 0) is 12.6 Å². The second kappa shape index (κ2) is 5.11. The smallest absolute Gasteiger partial charge is 0.360 e. The normalized spacial score (nSPS) is 8.12. The van der Waals surface area contributed by atoms with Crippen molar-refractivity contribution in [2.24, 2.45) is 0 Å². The number of rotatable bonds is 1. The topological polar surface area (TPSA) is 39.9 Å². The molecule has 1 rings (SSSR count). The summed E-state index contributed by atoms with van der Waals surface area (Å²) in [4.78, 5) is 3.78. The Balaban J connectivity index is 0.000000490. The van der Waals surface area contributed by atoms with Gasteiger partial charge in [-0.3, -0.25) is 0 Å². The summed E-state index contributed by atoms with van der Waals surface area (Å²) >= 11 is 1.49. The SMILES string of the molecule is CSc1nnc[n-]1.[Rb+]. The van der Waals surface area contributed by atoms with E-state index in [4.69, 9.17) is 0 Å². The molecule has 0 radical (unpaired) electrons. The van der Waals surface area contributed by atoms with Gasteiger partial charge in [0.05, 0.1) is 0 Å². The maximum atomic E-state index is 3.78. The van der Waals surface area contributed by atoms with E-state index in [1.807, 2.05) is 6.26 Å². The summed E-state index contributed by atoms with van der Waals surface area (Å²) in [5, 5.41) is 7.88. The average molecular weight is 200 g/mol.